The molecular weight excluding hydrogens is 1330 g/mol. The first-order valence-corrected chi connectivity index (χ1v) is 43.8. The van der Waals surface area contributed by atoms with Gasteiger partial charge in [-0.05, 0) is 122 Å². The van der Waals surface area contributed by atoms with Crippen molar-refractivity contribution in [2.75, 3.05) is 39.6 Å². The summed E-state index contributed by atoms with van der Waals surface area (Å²) in [6.45, 7) is 4.75. The number of phosphoric ester groups is 2. The molecule has 17 nitrogen and oxygen atoms in total. The summed E-state index contributed by atoms with van der Waals surface area (Å²) in [6, 6.07) is 0. The molecule has 5 atom stereocenters. The number of carbonyl (C=O) groups is 4. The van der Waals surface area contributed by atoms with Crippen molar-refractivity contribution in [1.29, 1.82) is 0 Å². The predicted octanol–water partition coefficient (Wildman–Crippen LogP) is 23.8. The van der Waals surface area contributed by atoms with Crippen LogP contribution in [0.3, 0.4) is 0 Å². The number of unbranched alkanes of at least 4 members (excludes halogenated alkanes) is 37. The molecule has 0 bridgehead atoms. The average Bonchev–Trinajstić information content (AvgIpc) is 0.908. The lowest BCUT2D eigenvalue weighted by molar-refractivity contribution is -0.161. The van der Waals surface area contributed by atoms with E-state index in [1.54, 1.807) is 0 Å². The molecule has 0 aliphatic rings. The summed E-state index contributed by atoms with van der Waals surface area (Å²) >= 11 is 0. The maximum absolute atomic E-state index is 13.1. The zero-order chi connectivity index (χ0) is 74.6. The number of ether oxygens (including phenoxy) is 4. The quantitative estimate of drug-likeness (QED) is 0.0169. The Balaban J connectivity index is 5.36. The zero-order valence-electron chi connectivity index (χ0n) is 64.8. The van der Waals surface area contributed by atoms with Crippen molar-refractivity contribution in [2.45, 2.75) is 380 Å². The minimum absolute atomic E-state index is 0.0867. The Morgan fingerprint density at radius 1 is 0.284 bits per heavy atom. The van der Waals surface area contributed by atoms with Crippen LogP contribution in [0.2, 0.25) is 0 Å². The van der Waals surface area contributed by atoms with E-state index in [0.717, 1.165) is 154 Å². The Morgan fingerprint density at radius 3 is 0.814 bits per heavy atom. The molecule has 102 heavy (non-hydrogen) atoms. The maximum atomic E-state index is 13.1. The Bertz CT molecular complexity index is 2260. The number of aliphatic hydroxyl groups is 1. The second-order valence-corrected chi connectivity index (χ2v) is 30.2. The highest BCUT2D eigenvalue weighted by molar-refractivity contribution is 7.47. The number of phosphoric acid groups is 2. The Kier molecular flexibility index (Phi) is 72.7. The van der Waals surface area contributed by atoms with Crippen LogP contribution in [0, 0.1) is 0 Å². The van der Waals surface area contributed by atoms with Gasteiger partial charge in [0.2, 0.25) is 0 Å². The third-order valence-electron chi connectivity index (χ3n) is 17.3. The first-order valence-electron chi connectivity index (χ1n) is 40.8. The first kappa shape index (κ1) is 98.2. The molecule has 0 amide bonds. The number of hydrogen-bond acceptors (Lipinski definition) is 15. The van der Waals surface area contributed by atoms with Crippen molar-refractivity contribution in [1.82, 2.24) is 0 Å². The Labute approximate surface area is 621 Å². The monoisotopic (exact) mass is 1480 g/mol. The molecule has 0 aliphatic heterocycles. The number of esters is 4. The van der Waals surface area contributed by atoms with E-state index in [0.29, 0.717) is 25.7 Å². The third-order valence-corrected chi connectivity index (χ3v) is 19.2. The molecule has 19 heteroatoms. The molecule has 0 saturated carbocycles. The van der Waals surface area contributed by atoms with Crippen LogP contribution in [0.15, 0.2) is 85.1 Å². The minimum Gasteiger partial charge on any atom is -0.462 e. The highest BCUT2D eigenvalue weighted by Gasteiger charge is 2.30. The Hall–Kier alpha value is -3.76. The van der Waals surface area contributed by atoms with Crippen molar-refractivity contribution >= 4 is 39.5 Å². The van der Waals surface area contributed by atoms with E-state index in [1.807, 2.05) is 0 Å². The van der Waals surface area contributed by atoms with Crippen LogP contribution in [-0.2, 0) is 65.4 Å². The van der Waals surface area contributed by atoms with E-state index in [2.05, 4.69) is 113 Å². The van der Waals surface area contributed by atoms with Gasteiger partial charge in [0.1, 0.15) is 19.3 Å². The van der Waals surface area contributed by atoms with Crippen LogP contribution in [-0.4, -0.2) is 96.7 Å². The van der Waals surface area contributed by atoms with Crippen LogP contribution < -0.4 is 0 Å². The molecule has 0 heterocycles. The summed E-state index contributed by atoms with van der Waals surface area (Å²) in [6.07, 6.45) is 78.4. The van der Waals surface area contributed by atoms with Gasteiger partial charge in [-0.15, -0.1) is 0 Å². The SMILES string of the molecule is CC/C=C\C/C=C\C/C=C\C/C=C\C/C=C\CCCCCC(=O)OC[C@H](COP(=O)(O)OC[C@@H](O)COP(=O)(O)OC[C@@H](COC(=O)CCCCCCCCC/C=C\CCCCCC)OC(=O)CCCCCCC/C=C\CCCCCCCC)OC(=O)CCCCCCCCCCCCCCC. The van der Waals surface area contributed by atoms with Crippen LogP contribution >= 0.6 is 15.6 Å². The normalized spacial score (nSPS) is 14.3. The van der Waals surface area contributed by atoms with Gasteiger partial charge in [-0.25, -0.2) is 9.13 Å². The lowest BCUT2D eigenvalue weighted by Gasteiger charge is -2.21. The molecule has 0 aromatic heterocycles. The third kappa shape index (κ3) is 74.5. The number of aliphatic hydroxyl groups excluding tert-OH is 1. The van der Waals surface area contributed by atoms with Crippen molar-refractivity contribution in [3.05, 3.63) is 85.1 Å². The molecule has 0 aliphatic carbocycles. The van der Waals surface area contributed by atoms with Crippen LogP contribution in [0.4, 0.5) is 0 Å². The molecule has 2 unspecified atom stereocenters. The van der Waals surface area contributed by atoms with Crippen LogP contribution in [0.5, 0.6) is 0 Å². The maximum Gasteiger partial charge on any atom is 0.472 e. The lowest BCUT2D eigenvalue weighted by atomic mass is 10.0. The highest BCUT2D eigenvalue weighted by atomic mass is 31.2. The van der Waals surface area contributed by atoms with Gasteiger partial charge >= 0.3 is 39.5 Å². The van der Waals surface area contributed by atoms with Crippen LogP contribution in [0.1, 0.15) is 362 Å². The topological polar surface area (TPSA) is 237 Å². The van der Waals surface area contributed by atoms with E-state index in [1.165, 1.54) is 128 Å². The van der Waals surface area contributed by atoms with Crippen molar-refractivity contribution in [2.24, 2.45) is 0 Å². The van der Waals surface area contributed by atoms with Gasteiger partial charge in [-0.2, -0.15) is 0 Å². The summed E-state index contributed by atoms with van der Waals surface area (Å²) in [5.74, 6) is -2.20. The Morgan fingerprint density at radius 2 is 0.510 bits per heavy atom. The second kappa shape index (κ2) is 75.5. The second-order valence-electron chi connectivity index (χ2n) is 27.3. The molecule has 3 N–H and O–H groups in total. The van der Waals surface area contributed by atoms with E-state index < -0.39 is 97.5 Å². The zero-order valence-corrected chi connectivity index (χ0v) is 66.6. The molecule has 0 spiro atoms. The van der Waals surface area contributed by atoms with E-state index >= 15 is 0 Å². The highest BCUT2D eigenvalue weighted by Crippen LogP contribution is 2.45. The number of hydrogen-bond donors (Lipinski definition) is 3. The summed E-state index contributed by atoms with van der Waals surface area (Å²) in [5, 5.41) is 10.6. The predicted molar refractivity (Wildman–Crippen MR) is 418 cm³/mol. The molecule has 0 radical (unpaired) electrons. The fourth-order valence-corrected chi connectivity index (χ4v) is 12.7. The number of rotatable bonds is 77. The number of allylic oxidation sites excluding steroid dienone is 14. The summed E-state index contributed by atoms with van der Waals surface area (Å²) in [7, 11) is -9.96. The van der Waals surface area contributed by atoms with Crippen molar-refractivity contribution in [3.8, 4) is 0 Å². The fraction of sp³-hybridized carbons (Fsp3) is 0.783. The van der Waals surface area contributed by atoms with Gasteiger partial charge in [0.05, 0.1) is 26.4 Å². The smallest absolute Gasteiger partial charge is 0.462 e. The largest absolute Gasteiger partial charge is 0.472 e. The summed E-state index contributed by atoms with van der Waals surface area (Å²) in [5.41, 5.74) is 0. The standard InChI is InChI=1S/C83H148O17P2/c1-5-9-13-17-21-25-29-33-36-37-38-39-42-45-48-52-56-60-64-68-81(86)94-73-78(99-82(87)69-65-61-57-53-49-43-32-28-24-20-16-12-8-4)75-97-101(89,90)95-71-77(84)72-96-102(91,92)98-76-79(100-83(88)70-66-62-58-54-50-46-41-35-31-27-23-19-15-11-7-3)74-93-80(85)67-63-59-55-51-47-44-40-34-30-26-22-18-14-10-6-2/h9,13,21,25-26,30,33,35-36,38-39,41,45,48,77-79,84H,5-8,10-12,14-20,22-24,27-29,31-32,34,37,40,42-44,46-47,49-76H2,1-4H3,(H,89,90)(H,91,92)/b13-9-,25-21-,30-26-,36-33-,39-38-,41-35-,48-45-/t77-,78-,79-/m1/s1. The average molecular weight is 1480 g/mol. The van der Waals surface area contributed by atoms with Crippen LogP contribution in [0.25, 0.3) is 0 Å². The number of carbonyl (C=O) groups excluding carboxylic acids is 4. The van der Waals surface area contributed by atoms with E-state index in [9.17, 15) is 43.2 Å². The minimum atomic E-state index is -4.98. The van der Waals surface area contributed by atoms with Gasteiger partial charge in [0.25, 0.3) is 0 Å². The van der Waals surface area contributed by atoms with Gasteiger partial charge in [0.15, 0.2) is 12.2 Å². The molecule has 0 fully saturated rings. The van der Waals surface area contributed by atoms with Gasteiger partial charge in [-0.3, -0.25) is 37.3 Å². The van der Waals surface area contributed by atoms with Gasteiger partial charge < -0.3 is 33.8 Å². The molecule has 0 saturated heterocycles. The van der Waals surface area contributed by atoms with Gasteiger partial charge in [0, 0.05) is 25.7 Å². The van der Waals surface area contributed by atoms with Crippen molar-refractivity contribution in [3.63, 3.8) is 0 Å². The van der Waals surface area contributed by atoms with E-state index in [-0.39, 0.29) is 25.7 Å². The molecule has 592 valence electrons. The lowest BCUT2D eigenvalue weighted by Crippen LogP contribution is -2.30. The van der Waals surface area contributed by atoms with Gasteiger partial charge in [-0.1, -0.05) is 299 Å². The molecule has 0 aromatic rings. The molecular formula is C83H148O17P2. The fourth-order valence-electron chi connectivity index (χ4n) is 11.1. The molecule has 0 aromatic carbocycles. The summed E-state index contributed by atoms with van der Waals surface area (Å²) in [4.78, 5) is 73.0. The first-order chi connectivity index (χ1) is 49.7. The van der Waals surface area contributed by atoms with E-state index in [4.69, 9.17) is 37.0 Å². The molecule has 0 rings (SSSR count). The van der Waals surface area contributed by atoms with Crippen molar-refractivity contribution < 1.29 is 80.2 Å². The summed E-state index contributed by atoms with van der Waals surface area (Å²) < 4.78 is 68.6.